The predicted octanol–water partition coefficient (Wildman–Crippen LogP) is 3.08. The Hall–Kier alpha value is -0.870. The number of amides is 1. The normalized spacial score (nSPS) is 23.1. The molecular weight excluding hydrogens is 292 g/mol. The highest BCUT2D eigenvalue weighted by molar-refractivity contribution is 9.10. The number of hydrogen-bond acceptors (Lipinski definition) is 2. The largest absolute Gasteiger partial charge is 0.327 e. The topological polar surface area (TPSA) is 55.1 Å². The first kappa shape index (κ1) is 13.6. The second-order valence-corrected chi connectivity index (χ2v) is 5.76. The standard InChI is InChI=1S/C14H19BrN2O/c1-2-9-8-10(15)6-7-13(9)17-14(18)11-4-3-5-12(11)16/h6-8,11-12H,2-5,16H2,1H3,(H,17,18). The van der Waals surface area contributed by atoms with Crippen molar-refractivity contribution in [2.24, 2.45) is 11.7 Å². The molecule has 1 aromatic rings. The molecule has 0 radical (unpaired) electrons. The first-order chi connectivity index (χ1) is 8.61. The lowest BCUT2D eigenvalue weighted by Gasteiger charge is -2.17. The average Bonchev–Trinajstić information content (AvgIpc) is 2.77. The van der Waals surface area contributed by atoms with E-state index in [2.05, 4.69) is 28.2 Å². The minimum Gasteiger partial charge on any atom is -0.327 e. The van der Waals surface area contributed by atoms with Gasteiger partial charge in [0.1, 0.15) is 0 Å². The molecule has 0 aliphatic heterocycles. The maximum absolute atomic E-state index is 12.2. The molecule has 3 N–H and O–H groups in total. The van der Waals surface area contributed by atoms with Crippen LogP contribution in [0.3, 0.4) is 0 Å². The summed E-state index contributed by atoms with van der Waals surface area (Å²) in [6.07, 6.45) is 3.82. The van der Waals surface area contributed by atoms with Crippen molar-refractivity contribution < 1.29 is 4.79 Å². The van der Waals surface area contributed by atoms with Gasteiger partial charge in [-0.1, -0.05) is 29.3 Å². The Balaban J connectivity index is 2.11. The molecule has 0 saturated heterocycles. The van der Waals surface area contributed by atoms with Crippen LogP contribution in [0, 0.1) is 5.92 Å². The lowest BCUT2D eigenvalue weighted by atomic mass is 10.0. The number of nitrogens with one attached hydrogen (secondary N) is 1. The van der Waals surface area contributed by atoms with E-state index in [0.717, 1.165) is 41.4 Å². The Morgan fingerprint density at radius 2 is 2.28 bits per heavy atom. The maximum Gasteiger partial charge on any atom is 0.229 e. The number of aryl methyl sites for hydroxylation is 1. The minimum atomic E-state index is -0.0293. The summed E-state index contributed by atoms with van der Waals surface area (Å²) in [6, 6.07) is 5.96. The van der Waals surface area contributed by atoms with Gasteiger partial charge in [-0.3, -0.25) is 4.79 Å². The Morgan fingerprint density at radius 1 is 1.50 bits per heavy atom. The van der Waals surface area contributed by atoms with E-state index in [1.165, 1.54) is 0 Å². The third-order valence-corrected chi connectivity index (χ3v) is 4.11. The molecule has 1 aliphatic carbocycles. The highest BCUT2D eigenvalue weighted by Gasteiger charge is 2.30. The van der Waals surface area contributed by atoms with Crippen LogP contribution in [0.2, 0.25) is 0 Å². The van der Waals surface area contributed by atoms with Gasteiger partial charge in [0.25, 0.3) is 0 Å². The van der Waals surface area contributed by atoms with Gasteiger partial charge >= 0.3 is 0 Å². The van der Waals surface area contributed by atoms with Crippen LogP contribution in [0.4, 0.5) is 5.69 Å². The van der Waals surface area contributed by atoms with Gasteiger partial charge < -0.3 is 11.1 Å². The summed E-state index contributed by atoms with van der Waals surface area (Å²) >= 11 is 3.45. The third kappa shape index (κ3) is 2.93. The highest BCUT2D eigenvalue weighted by Crippen LogP contribution is 2.27. The Morgan fingerprint density at radius 3 is 2.89 bits per heavy atom. The Labute approximate surface area is 116 Å². The second-order valence-electron chi connectivity index (χ2n) is 4.85. The lowest BCUT2D eigenvalue weighted by Crippen LogP contribution is -2.34. The fraction of sp³-hybridized carbons (Fsp3) is 0.500. The van der Waals surface area contributed by atoms with E-state index in [-0.39, 0.29) is 17.9 Å². The minimum absolute atomic E-state index is 0.0190. The van der Waals surface area contributed by atoms with Crippen LogP contribution >= 0.6 is 15.9 Å². The fourth-order valence-corrected chi connectivity index (χ4v) is 2.92. The van der Waals surface area contributed by atoms with Crippen LogP contribution in [0.25, 0.3) is 0 Å². The van der Waals surface area contributed by atoms with E-state index < -0.39 is 0 Å². The third-order valence-electron chi connectivity index (χ3n) is 3.61. The summed E-state index contributed by atoms with van der Waals surface area (Å²) in [5, 5.41) is 3.02. The van der Waals surface area contributed by atoms with Crippen molar-refractivity contribution in [1.82, 2.24) is 0 Å². The number of anilines is 1. The predicted molar refractivity (Wildman–Crippen MR) is 77.5 cm³/mol. The van der Waals surface area contributed by atoms with Gasteiger partial charge in [-0.15, -0.1) is 0 Å². The van der Waals surface area contributed by atoms with E-state index >= 15 is 0 Å². The lowest BCUT2D eigenvalue weighted by molar-refractivity contribution is -0.120. The highest BCUT2D eigenvalue weighted by atomic mass is 79.9. The van der Waals surface area contributed by atoms with Gasteiger partial charge in [0.2, 0.25) is 5.91 Å². The van der Waals surface area contributed by atoms with Gasteiger partial charge in [0, 0.05) is 16.2 Å². The molecule has 2 atom stereocenters. The average molecular weight is 311 g/mol. The molecule has 2 unspecified atom stereocenters. The van der Waals surface area contributed by atoms with Crippen molar-refractivity contribution in [3.63, 3.8) is 0 Å². The Bertz CT molecular complexity index is 447. The first-order valence-corrected chi connectivity index (χ1v) is 7.26. The molecular formula is C14H19BrN2O. The molecule has 3 nitrogen and oxygen atoms in total. The number of halogens is 1. The van der Waals surface area contributed by atoms with Crippen LogP contribution < -0.4 is 11.1 Å². The number of carbonyl (C=O) groups is 1. The zero-order valence-corrected chi connectivity index (χ0v) is 12.2. The van der Waals surface area contributed by atoms with Crippen molar-refractivity contribution in [2.45, 2.75) is 38.6 Å². The molecule has 1 saturated carbocycles. The molecule has 1 amide bonds. The molecule has 18 heavy (non-hydrogen) atoms. The van der Waals surface area contributed by atoms with Gasteiger partial charge in [0.15, 0.2) is 0 Å². The van der Waals surface area contributed by atoms with Crippen molar-refractivity contribution in [2.75, 3.05) is 5.32 Å². The van der Waals surface area contributed by atoms with Crippen molar-refractivity contribution in [3.05, 3.63) is 28.2 Å². The van der Waals surface area contributed by atoms with Crippen molar-refractivity contribution >= 4 is 27.5 Å². The molecule has 1 aromatic carbocycles. The smallest absolute Gasteiger partial charge is 0.229 e. The summed E-state index contributed by atoms with van der Waals surface area (Å²) in [4.78, 5) is 12.2. The molecule has 0 bridgehead atoms. The van der Waals surface area contributed by atoms with Crippen molar-refractivity contribution in [1.29, 1.82) is 0 Å². The Kier molecular flexibility index (Phi) is 4.40. The van der Waals surface area contributed by atoms with Crippen LogP contribution in [0.15, 0.2) is 22.7 Å². The van der Waals surface area contributed by atoms with Crippen LogP contribution in [-0.4, -0.2) is 11.9 Å². The molecule has 0 spiro atoms. The number of benzene rings is 1. The molecule has 4 heteroatoms. The molecule has 1 fully saturated rings. The molecule has 1 aliphatic rings. The van der Waals surface area contributed by atoms with Gasteiger partial charge in [-0.05, 0) is 43.0 Å². The molecule has 98 valence electrons. The van der Waals surface area contributed by atoms with E-state index in [0.29, 0.717) is 0 Å². The molecule has 0 aromatic heterocycles. The number of carbonyl (C=O) groups excluding carboxylic acids is 1. The summed E-state index contributed by atoms with van der Waals surface area (Å²) in [6.45, 7) is 2.08. The van der Waals surface area contributed by atoms with Gasteiger partial charge in [-0.2, -0.15) is 0 Å². The van der Waals surface area contributed by atoms with Crippen LogP contribution in [0.1, 0.15) is 31.7 Å². The number of rotatable bonds is 3. The molecule has 0 heterocycles. The number of hydrogen-bond donors (Lipinski definition) is 2. The van der Waals surface area contributed by atoms with Gasteiger partial charge in [-0.25, -0.2) is 0 Å². The van der Waals surface area contributed by atoms with Crippen LogP contribution in [0.5, 0.6) is 0 Å². The summed E-state index contributed by atoms with van der Waals surface area (Å²) in [5.41, 5.74) is 8.01. The summed E-state index contributed by atoms with van der Waals surface area (Å²) in [7, 11) is 0. The quantitative estimate of drug-likeness (QED) is 0.901. The van der Waals surface area contributed by atoms with Gasteiger partial charge in [0.05, 0.1) is 5.92 Å². The van der Waals surface area contributed by atoms with E-state index in [9.17, 15) is 4.79 Å². The van der Waals surface area contributed by atoms with Crippen LogP contribution in [-0.2, 0) is 11.2 Å². The monoisotopic (exact) mass is 310 g/mol. The van der Waals surface area contributed by atoms with E-state index in [1.807, 2.05) is 18.2 Å². The fourth-order valence-electron chi connectivity index (χ4n) is 2.52. The molecule has 2 rings (SSSR count). The van der Waals surface area contributed by atoms with Crippen molar-refractivity contribution in [3.8, 4) is 0 Å². The van der Waals surface area contributed by atoms with E-state index in [1.54, 1.807) is 0 Å². The van der Waals surface area contributed by atoms with E-state index in [4.69, 9.17) is 5.73 Å². The second kappa shape index (κ2) is 5.85. The number of nitrogens with two attached hydrogens (primary N) is 1. The maximum atomic E-state index is 12.2. The zero-order chi connectivity index (χ0) is 13.1. The zero-order valence-electron chi connectivity index (χ0n) is 10.6. The SMILES string of the molecule is CCc1cc(Br)ccc1NC(=O)C1CCCC1N. The summed E-state index contributed by atoms with van der Waals surface area (Å²) < 4.78 is 1.04. The summed E-state index contributed by atoms with van der Waals surface area (Å²) in [5.74, 6) is 0.0374. The first-order valence-electron chi connectivity index (χ1n) is 6.46.